The highest BCUT2D eigenvalue weighted by atomic mass is 35.5. The van der Waals surface area contributed by atoms with E-state index in [2.05, 4.69) is 36.8 Å². The molecule has 0 radical (unpaired) electrons. The second-order valence-electron chi connectivity index (χ2n) is 5.91. The number of amides is 2. The molecule has 4 nitrogen and oxygen atoms in total. The first-order valence-electron chi connectivity index (χ1n) is 7.89. The summed E-state index contributed by atoms with van der Waals surface area (Å²) in [5.41, 5.74) is 7.57. The first kappa shape index (κ1) is 18.0. The summed E-state index contributed by atoms with van der Waals surface area (Å²) >= 11 is 5.83. The lowest BCUT2D eigenvalue weighted by atomic mass is 10.0. The fourth-order valence-corrected chi connectivity index (χ4v) is 2.41. The van der Waals surface area contributed by atoms with Crippen LogP contribution in [-0.4, -0.2) is 11.8 Å². The zero-order valence-electron chi connectivity index (χ0n) is 13.8. The van der Waals surface area contributed by atoms with Gasteiger partial charge in [-0.1, -0.05) is 55.8 Å². The van der Waals surface area contributed by atoms with Crippen molar-refractivity contribution in [1.29, 1.82) is 0 Å². The van der Waals surface area contributed by atoms with E-state index >= 15 is 0 Å². The lowest BCUT2D eigenvalue weighted by Gasteiger charge is -2.09. The molecule has 2 rings (SSSR count). The van der Waals surface area contributed by atoms with Crippen molar-refractivity contribution >= 4 is 23.4 Å². The molecular weight excluding hydrogens is 324 g/mol. The van der Waals surface area contributed by atoms with Gasteiger partial charge in [-0.2, -0.15) is 0 Å². The Kier molecular flexibility index (Phi) is 6.38. The second-order valence-corrected chi connectivity index (χ2v) is 6.35. The normalized spacial score (nSPS) is 10.5. The molecule has 0 aromatic heterocycles. The molecule has 0 fully saturated rings. The third-order valence-electron chi connectivity index (χ3n) is 3.69. The zero-order chi connectivity index (χ0) is 17.5. The van der Waals surface area contributed by atoms with Gasteiger partial charge in [-0.05, 0) is 41.7 Å². The van der Waals surface area contributed by atoms with Gasteiger partial charge in [-0.15, -0.1) is 0 Å². The van der Waals surface area contributed by atoms with Crippen molar-refractivity contribution in [3.63, 3.8) is 0 Å². The quantitative estimate of drug-likeness (QED) is 0.809. The van der Waals surface area contributed by atoms with Gasteiger partial charge >= 0.3 is 0 Å². The maximum Gasteiger partial charge on any atom is 0.269 e. The van der Waals surface area contributed by atoms with E-state index in [1.54, 1.807) is 24.3 Å². The molecular formula is C19H21ClN2O2. The lowest BCUT2D eigenvalue weighted by molar-refractivity contribution is -0.121. The van der Waals surface area contributed by atoms with Gasteiger partial charge < -0.3 is 0 Å². The Morgan fingerprint density at radius 2 is 1.75 bits per heavy atom. The molecule has 0 saturated carbocycles. The highest BCUT2D eigenvalue weighted by molar-refractivity contribution is 6.30. The predicted molar refractivity (Wildman–Crippen MR) is 95.9 cm³/mol. The molecule has 0 atom stereocenters. The highest BCUT2D eigenvalue weighted by Crippen LogP contribution is 2.15. The average Bonchev–Trinajstić information content (AvgIpc) is 2.58. The summed E-state index contributed by atoms with van der Waals surface area (Å²) < 4.78 is 0. The molecule has 0 bridgehead atoms. The van der Waals surface area contributed by atoms with Crippen molar-refractivity contribution in [3.8, 4) is 0 Å². The SMILES string of the molecule is CC(C)c1ccc(CCC(=O)NNC(=O)c2cccc(Cl)c2)cc1. The summed E-state index contributed by atoms with van der Waals surface area (Å²) in [6, 6.07) is 14.8. The molecule has 0 saturated heterocycles. The van der Waals surface area contributed by atoms with Crippen molar-refractivity contribution < 1.29 is 9.59 Å². The fraction of sp³-hybridized carbons (Fsp3) is 0.263. The number of carbonyl (C=O) groups is 2. The van der Waals surface area contributed by atoms with E-state index in [-0.39, 0.29) is 5.91 Å². The molecule has 24 heavy (non-hydrogen) atoms. The summed E-state index contributed by atoms with van der Waals surface area (Å²) in [7, 11) is 0. The van der Waals surface area contributed by atoms with Crippen LogP contribution in [0.5, 0.6) is 0 Å². The number of hydrogen-bond acceptors (Lipinski definition) is 2. The molecule has 2 aromatic rings. The monoisotopic (exact) mass is 344 g/mol. The standard InChI is InChI=1S/C19H21ClN2O2/c1-13(2)15-9-6-14(7-10-15)8-11-18(23)21-22-19(24)16-4-3-5-17(20)12-16/h3-7,9-10,12-13H,8,11H2,1-2H3,(H,21,23)(H,22,24). The molecule has 0 aliphatic carbocycles. The molecule has 2 aromatic carbocycles. The number of nitrogens with one attached hydrogen (secondary N) is 2. The van der Waals surface area contributed by atoms with E-state index in [4.69, 9.17) is 11.6 Å². The highest BCUT2D eigenvalue weighted by Gasteiger charge is 2.08. The summed E-state index contributed by atoms with van der Waals surface area (Å²) in [6.07, 6.45) is 0.925. The van der Waals surface area contributed by atoms with E-state index in [1.807, 2.05) is 12.1 Å². The van der Waals surface area contributed by atoms with Gasteiger partial charge in [0.15, 0.2) is 0 Å². The lowest BCUT2D eigenvalue weighted by Crippen LogP contribution is -2.41. The minimum atomic E-state index is -0.396. The van der Waals surface area contributed by atoms with Gasteiger partial charge in [0.05, 0.1) is 0 Å². The number of hydrogen-bond donors (Lipinski definition) is 2. The van der Waals surface area contributed by atoms with E-state index < -0.39 is 5.91 Å². The molecule has 0 unspecified atom stereocenters. The van der Waals surface area contributed by atoms with Crippen molar-refractivity contribution in [2.24, 2.45) is 0 Å². The Morgan fingerprint density at radius 3 is 2.38 bits per heavy atom. The van der Waals surface area contributed by atoms with Crippen molar-refractivity contribution in [3.05, 3.63) is 70.2 Å². The first-order valence-corrected chi connectivity index (χ1v) is 8.27. The number of hydrazine groups is 1. The number of rotatable bonds is 5. The van der Waals surface area contributed by atoms with Crippen molar-refractivity contribution in [2.45, 2.75) is 32.6 Å². The van der Waals surface area contributed by atoms with E-state index in [0.717, 1.165) is 5.56 Å². The molecule has 2 N–H and O–H groups in total. The van der Waals surface area contributed by atoms with Gasteiger partial charge in [-0.25, -0.2) is 0 Å². The Balaban J connectivity index is 1.78. The predicted octanol–water partition coefficient (Wildman–Crippen LogP) is 3.86. The Labute approximate surface area is 147 Å². The molecule has 2 amide bonds. The molecule has 0 aliphatic heterocycles. The van der Waals surface area contributed by atoms with Crippen LogP contribution in [-0.2, 0) is 11.2 Å². The van der Waals surface area contributed by atoms with Crippen LogP contribution in [0.2, 0.25) is 5.02 Å². The average molecular weight is 345 g/mol. The minimum absolute atomic E-state index is 0.238. The van der Waals surface area contributed by atoms with E-state index in [0.29, 0.717) is 29.3 Å². The summed E-state index contributed by atoms with van der Waals surface area (Å²) in [5, 5.41) is 0.471. The second kappa shape index (κ2) is 8.50. The minimum Gasteiger partial charge on any atom is -0.273 e. The Bertz CT molecular complexity index is 712. The summed E-state index contributed by atoms with van der Waals surface area (Å²) in [6.45, 7) is 4.29. The van der Waals surface area contributed by atoms with Crippen LogP contribution in [0.4, 0.5) is 0 Å². The number of carbonyl (C=O) groups excluding carboxylic acids is 2. The molecule has 0 heterocycles. The maximum absolute atomic E-state index is 11.9. The van der Waals surface area contributed by atoms with Crippen LogP contribution < -0.4 is 10.9 Å². The van der Waals surface area contributed by atoms with Gasteiger partial charge in [0, 0.05) is 17.0 Å². The van der Waals surface area contributed by atoms with Crippen LogP contribution in [0, 0.1) is 0 Å². The van der Waals surface area contributed by atoms with Crippen LogP contribution in [0.15, 0.2) is 48.5 Å². The number of benzene rings is 2. The van der Waals surface area contributed by atoms with Crippen LogP contribution in [0.3, 0.4) is 0 Å². The summed E-state index contributed by atoms with van der Waals surface area (Å²) in [5.74, 6) is -0.144. The Hall–Kier alpha value is -2.33. The molecule has 126 valence electrons. The largest absolute Gasteiger partial charge is 0.273 e. The van der Waals surface area contributed by atoms with Crippen molar-refractivity contribution in [2.75, 3.05) is 0 Å². The van der Waals surface area contributed by atoms with Gasteiger partial charge in [-0.3, -0.25) is 20.4 Å². The Morgan fingerprint density at radius 1 is 1.04 bits per heavy atom. The topological polar surface area (TPSA) is 58.2 Å². The third-order valence-corrected chi connectivity index (χ3v) is 3.92. The zero-order valence-corrected chi connectivity index (χ0v) is 14.6. The molecule has 5 heteroatoms. The first-order chi connectivity index (χ1) is 11.5. The fourth-order valence-electron chi connectivity index (χ4n) is 2.22. The van der Waals surface area contributed by atoms with Crippen LogP contribution in [0.1, 0.15) is 47.7 Å². The van der Waals surface area contributed by atoms with Gasteiger partial charge in [0.25, 0.3) is 5.91 Å². The maximum atomic E-state index is 11.9. The molecule has 0 aliphatic rings. The van der Waals surface area contributed by atoms with Crippen LogP contribution in [0.25, 0.3) is 0 Å². The number of halogens is 1. The van der Waals surface area contributed by atoms with E-state index in [1.165, 1.54) is 5.56 Å². The third kappa shape index (κ3) is 5.39. The van der Waals surface area contributed by atoms with E-state index in [9.17, 15) is 9.59 Å². The van der Waals surface area contributed by atoms with Crippen LogP contribution >= 0.6 is 11.6 Å². The smallest absolute Gasteiger partial charge is 0.269 e. The van der Waals surface area contributed by atoms with Gasteiger partial charge in [0.2, 0.25) is 5.91 Å². The molecule has 0 spiro atoms. The van der Waals surface area contributed by atoms with Crippen molar-refractivity contribution in [1.82, 2.24) is 10.9 Å². The number of aryl methyl sites for hydroxylation is 1. The summed E-state index contributed by atoms with van der Waals surface area (Å²) in [4.78, 5) is 23.7. The van der Waals surface area contributed by atoms with Gasteiger partial charge in [0.1, 0.15) is 0 Å².